The zero-order valence-corrected chi connectivity index (χ0v) is 12.0. The predicted molar refractivity (Wildman–Crippen MR) is 78.3 cm³/mol. The van der Waals surface area contributed by atoms with Crippen molar-refractivity contribution in [1.29, 1.82) is 0 Å². The number of carbonyl (C=O) groups excluding carboxylic acids is 1. The number of rotatable bonds is 1. The van der Waals surface area contributed by atoms with Gasteiger partial charge in [-0.15, -0.1) is 0 Å². The lowest BCUT2D eigenvalue weighted by Gasteiger charge is -2.19. The maximum Gasteiger partial charge on any atom is 0.196 e. The highest BCUT2D eigenvalue weighted by Crippen LogP contribution is 2.30. The summed E-state index contributed by atoms with van der Waals surface area (Å²) in [6, 6.07) is 11.3. The molecule has 1 aliphatic heterocycles. The second-order valence-electron chi connectivity index (χ2n) is 4.48. The molecule has 20 heavy (non-hydrogen) atoms. The summed E-state index contributed by atoms with van der Waals surface area (Å²) >= 11 is 3.34. The highest BCUT2D eigenvalue weighted by Gasteiger charge is 2.23. The molecule has 0 bridgehead atoms. The Morgan fingerprint density at radius 2 is 1.90 bits per heavy atom. The SMILES string of the molecule is O=C1/C(=C\c2ccc(F)cc2)COc2ccc(Br)cc21. The van der Waals surface area contributed by atoms with Crippen molar-refractivity contribution in [2.75, 3.05) is 6.61 Å². The second-order valence-corrected chi connectivity index (χ2v) is 5.40. The molecule has 0 N–H and O–H groups in total. The van der Waals surface area contributed by atoms with Gasteiger partial charge in [-0.3, -0.25) is 4.79 Å². The first-order chi connectivity index (χ1) is 9.63. The molecule has 2 aromatic carbocycles. The van der Waals surface area contributed by atoms with E-state index in [9.17, 15) is 9.18 Å². The van der Waals surface area contributed by atoms with E-state index in [4.69, 9.17) is 4.74 Å². The van der Waals surface area contributed by atoms with Gasteiger partial charge in [0.25, 0.3) is 0 Å². The van der Waals surface area contributed by atoms with Gasteiger partial charge in [-0.2, -0.15) is 0 Å². The Labute approximate surface area is 124 Å². The molecule has 0 unspecified atom stereocenters. The van der Waals surface area contributed by atoms with E-state index in [1.165, 1.54) is 12.1 Å². The van der Waals surface area contributed by atoms with Gasteiger partial charge in [-0.1, -0.05) is 28.1 Å². The molecule has 0 fully saturated rings. The molecular weight excluding hydrogens is 323 g/mol. The third-order valence-corrected chi connectivity index (χ3v) is 3.57. The summed E-state index contributed by atoms with van der Waals surface area (Å²) in [4.78, 5) is 12.4. The number of fused-ring (bicyclic) bond motifs is 1. The van der Waals surface area contributed by atoms with Gasteiger partial charge in [0.2, 0.25) is 0 Å². The molecule has 0 spiro atoms. The van der Waals surface area contributed by atoms with Crippen LogP contribution >= 0.6 is 15.9 Å². The van der Waals surface area contributed by atoms with Gasteiger partial charge in [-0.25, -0.2) is 4.39 Å². The van der Waals surface area contributed by atoms with E-state index in [1.807, 2.05) is 6.07 Å². The van der Waals surface area contributed by atoms with Crippen LogP contribution < -0.4 is 4.74 Å². The Kier molecular flexibility index (Phi) is 3.40. The van der Waals surface area contributed by atoms with Crippen LogP contribution in [0, 0.1) is 5.82 Å². The fraction of sp³-hybridized carbons (Fsp3) is 0.0625. The molecule has 2 nitrogen and oxygen atoms in total. The molecule has 1 heterocycles. The summed E-state index contributed by atoms with van der Waals surface area (Å²) in [7, 11) is 0. The number of hydrogen-bond donors (Lipinski definition) is 0. The van der Waals surface area contributed by atoms with Crippen molar-refractivity contribution >= 4 is 27.8 Å². The molecule has 0 saturated heterocycles. The summed E-state index contributed by atoms with van der Waals surface area (Å²) in [5.41, 5.74) is 1.87. The van der Waals surface area contributed by atoms with Gasteiger partial charge in [0, 0.05) is 10.0 Å². The summed E-state index contributed by atoms with van der Waals surface area (Å²) in [5.74, 6) is 0.235. The van der Waals surface area contributed by atoms with Crippen LogP contribution in [0.5, 0.6) is 5.75 Å². The molecule has 3 rings (SSSR count). The maximum absolute atomic E-state index is 12.9. The Morgan fingerprint density at radius 1 is 1.15 bits per heavy atom. The molecule has 100 valence electrons. The van der Waals surface area contributed by atoms with Crippen LogP contribution in [0.2, 0.25) is 0 Å². The number of ether oxygens (including phenoxy) is 1. The minimum absolute atomic E-state index is 0.0584. The first-order valence-corrected chi connectivity index (χ1v) is 6.86. The predicted octanol–water partition coefficient (Wildman–Crippen LogP) is 4.25. The zero-order chi connectivity index (χ0) is 14.1. The first-order valence-electron chi connectivity index (χ1n) is 6.07. The van der Waals surface area contributed by atoms with Crippen molar-refractivity contribution in [3.63, 3.8) is 0 Å². The molecule has 2 aromatic rings. The Morgan fingerprint density at radius 3 is 2.65 bits per heavy atom. The Hall–Kier alpha value is -1.94. The van der Waals surface area contributed by atoms with Crippen LogP contribution in [0.3, 0.4) is 0 Å². The number of Topliss-reactive ketones (excluding diaryl/α,β-unsaturated/α-hetero) is 1. The largest absolute Gasteiger partial charge is 0.488 e. The first kappa shape index (κ1) is 13.1. The fourth-order valence-corrected chi connectivity index (χ4v) is 2.43. The Balaban J connectivity index is 1.97. The van der Waals surface area contributed by atoms with Gasteiger partial charge >= 0.3 is 0 Å². The average Bonchev–Trinajstić information content (AvgIpc) is 2.45. The van der Waals surface area contributed by atoms with Crippen molar-refractivity contribution < 1.29 is 13.9 Å². The van der Waals surface area contributed by atoms with Gasteiger partial charge in [0.05, 0.1) is 5.56 Å². The number of carbonyl (C=O) groups is 1. The number of ketones is 1. The van der Waals surface area contributed by atoms with Gasteiger partial charge < -0.3 is 4.74 Å². The van der Waals surface area contributed by atoms with E-state index in [-0.39, 0.29) is 18.2 Å². The summed E-state index contributed by atoms with van der Waals surface area (Å²) in [5, 5.41) is 0. The van der Waals surface area contributed by atoms with E-state index in [1.54, 1.807) is 30.3 Å². The van der Waals surface area contributed by atoms with Crippen molar-refractivity contribution in [3.05, 3.63) is 69.5 Å². The van der Waals surface area contributed by atoms with Crippen LogP contribution in [0.4, 0.5) is 4.39 Å². The van der Waals surface area contributed by atoms with Gasteiger partial charge in [0.1, 0.15) is 18.2 Å². The van der Waals surface area contributed by atoms with Crippen LogP contribution in [0.1, 0.15) is 15.9 Å². The van der Waals surface area contributed by atoms with E-state index >= 15 is 0 Å². The third-order valence-electron chi connectivity index (χ3n) is 3.07. The average molecular weight is 333 g/mol. The lowest BCUT2D eigenvalue weighted by molar-refractivity contribution is 0.100. The molecular formula is C16H10BrFO2. The van der Waals surface area contributed by atoms with Crippen molar-refractivity contribution in [3.8, 4) is 5.75 Å². The highest BCUT2D eigenvalue weighted by molar-refractivity contribution is 9.10. The number of halogens is 2. The van der Waals surface area contributed by atoms with E-state index in [0.717, 1.165) is 10.0 Å². The minimum atomic E-state index is -0.298. The van der Waals surface area contributed by atoms with Gasteiger partial charge in [0.15, 0.2) is 5.78 Å². The van der Waals surface area contributed by atoms with Gasteiger partial charge in [-0.05, 0) is 42.0 Å². The molecule has 0 amide bonds. The van der Waals surface area contributed by atoms with E-state index in [2.05, 4.69) is 15.9 Å². The van der Waals surface area contributed by atoms with E-state index in [0.29, 0.717) is 16.9 Å². The second kappa shape index (κ2) is 5.21. The third kappa shape index (κ3) is 2.51. The number of benzene rings is 2. The van der Waals surface area contributed by atoms with E-state index < -0.39 is 0 Å². The quantitative estimate of drug-likeness (QED) is 0.730. The zero-order valence-electron chi connectivity index (χ0n) is 10.4. The lowest BCUT2D eigenvalue weighted by Crippen LogP contribution is -2.18. The monoisotopic (exact) mass is 332 g/mol. The van der Waals surface area contributed by atoms with Crippen LogP contribution in [0.15, 0.2) is 52.5 Å². The maximum atomic E-state index is 12.9. The summed E-state index contributed by atoms with van der Waals surface area (Å²) < 4.78 is 19.3. The standard InChI is InChI=1S/C16H10BrFO2/c17-12-3-6-15-14(8-12)16(19)11(9-20-15)7-10-1-4-13(18)5-2-10/h1-8H,9H2/b11-7-. The number of hydrogen-bond acceptors (Lipinski definition) is 2. The molecule has 0 aliphatic carbocycles. The van der Waals surface area contributed by atoms with Crippen molar-refractivity contribution in [1.82, 2.24) is 0 Å². The van der Waals surface area contributed by atoms with Crippen molar-refractivity contribution in [2.24, 2.45) is 0 Å². The van der Waals surface area contributed by atoms with Crippen LogP contribution in [0.25, 0.3) is 6.08 Å². The molecule has 1 aliphatic rings. The molecule has 0 aromatic heterocycles. The topological polar surface area (TPSA) is 26.3 Å². The van der Waals surface area contributed by atoms with Crippen LogP contribution in [-0.4, -0.2) is 12.4 Å². The fourth-order valence-electron chi connectivity index (χ4n) is 2.07. The molecule has 4 heteroatoms. The lowest BCUT2D eigenvalue weighted by atomic mass is 9.98. The van der Waals surface area contributed by atoms with Crippen molar-refractivity contribution in [2.45, 2.75) is 0 Å². The normalized spacial score (nSPS) is 15.9. The smallest absolute Gasteiger partial charge is 0.196 e. The molecule has 0 radical (unpaired) electrons. The van der Waals surface area contributed by atoms with Crippen LogP contribution in [-0.2, 0) is 0 Å². The molecule has 0 saturated carbocycles. The summed E-state index contributed by atoms with van der Waals surface area (Å²) in [6.45, 7) is 0.227. The summed E-state index contributed by atoms with van der Waals surface area (Å²) in [6.07, 6.45) is 1.73. The minimum Gasteiger partial charge on any atom is -0.488 e. The molecule has 0 atom stereocenters. The highest BCUT2D eigenvalue weighted by atomic mass is 79.9. The Bertz CT molecular complexity index is 705.